The highest BCUT2D eigenvalue weighted by Crippen LogP contribution is 2.30. The maximum Gasteiger partial charge on any atom is 0.118 e. The van der Waals surface area contributed by atoms with E-state index in [-0.39, 0.29) is 0 Å². The highest BCUT2D eigenvalue weighted by atomic mass is 16.5. The van der Waals surface area contributed by atoms with Crippen LogP contribution in [0.15, 0.2) is 24.3 Å². The average Bonchev–Trinajstić information content (AvgIpc) is 2.45. The van der Waals surface area contributed by atoms with Crippen molar-refractivity contribution in [2.75, 3.05) is 13.7 Å². The molecule has 1 atom stereocenters. The lowest BCUT2D eigenvalue weighted by Gasteiger charge is -2.28. The first kappa shape index (κ1) is 16.0. The summed E-state index contributed by atoms with van der Waals surface area (Å²) in [5.41, 5.74) is 1.38. The Labute approximate surface area is 118 Å². The lowest BCUT2D eigenvalue weighted by Crippen LogP contribution is -2.28. The van der Waals surface area contributed by atoms with Crippen LogP contribution in [0.1, 0.15) is 58.1 Å². The molecule has 0 aliphatic rings. The standard InChI is InChI=1S/C17H29NO/c1-5-8-14(9-6-2)17(18-7-3)15-10-12-16(19-4)13-11-15/h10-14,17-18H,5-9H2,1-4H3. The second kappa shape index (κ2) is 8.98. The van der Waals surface area contributed by atoms with Crippen LogP contribution in [-0.4, -0.2) is 13.7 Å². The zero-order chi connectivity index (χ0) is 14.1. The first-order valence-corrected chi connectivity index (χ1v) is 7.64. The lowest BCUT2D eigenvalue weighted by atomic mass is 9.86. The van der Waals surface area contributed by atoms with Crippen LogP contribution in [0.2, 0.25) is 0 Å². The molecule has 0 saturated heterocycles. The minimum absolute atomic E-state index is 0.468. The van der Waals surface area contributed by atoms with Crippen LogP contribution in [0.3, 0.4) is 0 Å². The quantitative estimate of drug-likeness (QED) is 0.705. The normalized spacial score (nSPS) is 12.7. The molecule has 0 aliphatic carbocycles. The predicted molar refractivity (Wildman–Crippen MR) is 82.7 cm³/mol. The van der Waals surface area contributed by atoms with E-state index in [0.29, 0.717) is 6.04 Å². The van der Waals surface area contributed by atoms with Crippen molar-refractivity contribution < 1.29 is 4.74 Å². The predicted octanol–water partition coefficient (Wildman–Crippen LogP) is 4.56. The summed E-state index contributed by atoms with van der Waals surface area (Å²) in [5.74, 6) is 1.66. The molecule has 0 aromatic heterocycles. The van der Waals surface area contributed by atoms with Crippen molar-refractivity contribution in [2.24, 2.45) is 5.92 Å². The molecule has 1 N–H and O–H groups in total. The van der Waals surface area contributed by atoms with E-state index in [2.05, 4.69) is 50.4 Å². The fourth-order valence-corrected chi connectivity index (χ4v) is 2.81. The summed E-state index contributed by atoms with van der Waals surface area (Å²) in [5, 5.41) is 3.67. The minimum atomic E-state index is 0.468. The van der Waals surface area contributed by atoms with Gasteiger partial charge in [-0.15, -0.1) is 0 Å². The summed E-state index contributed by atoms with van der Waals surface area (Å²) in [7, 11) is 1.72. The van der Waals surface area contributed by atoms with Gasteiger partial charge >= 0.3 is 0 Å². The van der Waals surface area contributed by atoms with Crippen molar-refractivity contribution in [2.45, 2.75) is 52.5 Å². The van der Waals surface area contributed by atoms with Crippen LogP contribution < -0.4 is 10.1 Å². The van der Waals surface area contributed by atoms with E-state index in [1.165, 1.54) is 31.2 Å². The van der Waals surface area contributed by atoms with Crippen molar-refractivity contribution in [3.8, 4) is 5.75 Å². The second-order valence-corrected chi connectivity index (χ2v) is 5.15. The summed E-state index contributed by atoms with van der Waals surface area (Å²) in [6.07, 6.45) is 5.08. The first-order valence-electron chi connectivity index (χ1n) is 7.64. The molecule has 1 unspecified atom stereocenters. The number of hydrogen-bond acceptors (Lipinski definition) is 2. The van der Waals surface area contributed by atoms with Gasteiger partial charge in [0.05, 0.1) is 7.11 Å². The van der Waals surface area contributed by atoms with Crippen molar-refractivity contribution in [3.05, 3.63) is 29.8 Å². The monoisotopic (exact) mass is 263 g/mol. The van der Waals surface area contributed by atoms with Crippen molar-refractivity contribution in [1.82, 2.24) is 5.32 Å². The third-order valence-electron chi connectivity index (χ3n) is 3.69. The Hall–Kier alpha value is -1.02. The highest BCUT2D eigenvalue weighted by Gasteiger charge is 2.20. The Morgan fingerprint density at radius 3 is 2.00 bits per heavy atom. The van der Waals surface area contributed by atoms with Gasteiger partial charge in [0.2, 0.25) is 0 Å². The highest BCUT2D eigenvalue weighted by molar-refractivity contribution is 5.29. The Kier molecular flexibility index (Phi) is 7.57. The number of methoxy groups -OCH3 is 1. The van der Waals surface area contributed by atoms with Crippen LogP contribution in [0.5, 0.6) is 5.75 Å². The van der Waals surface area contributed by atoms with Gasteiger partial charge in [-0.1, -0.05) is 45.7 Å². The molecule has 0 spiro atoms. The van der Waals surface area contributed by atoms with Crippen molar-refractivity contribution in [1.29, 1.82) is 0 Å². The summed E-state index contributed by atoms with van der Waals surface area (Å²) >= 11 is 0. The fourth-order valence-electron chi connectivity index (χ4n) is 2.81. The topological polar surface area (TPSA) is 21.3 Å². The van der Waals surface area contributed by atoms with E-state index < -0.39 is 0 Å². The zero-order valence-corrected chi connectivity index (χ0v) is 12.9. The Bertz CT molecular complexity index is 328. The lowest BCUT2D eigenvalue weighted by molar-refractivity contribution is 0.320. The summed E-state index contributed by atoms with van der Waals surface area (Å²) < 4.78 is 5.24. The molecule has 0 fully saturated rings. The molecule has 1 aromatic rings. The van der Waals surface area contributed by atoms with Crippen LogP contribution in [0, 0.1) is 5.92 Å². The van der Waals surface area contributed by atoms with Crippen LogP contribution in [0.25, 0.3) is 0 Å². The molecule has 2 heteroatoms. The molecule has 0 aliphatic heterocycles. The Morgan fingerprint density at radius 1 is 1.00 bits per heavy atom. The largest absolute Gasteiger partial charge is 0.497 e. The smallest absolute Gasteiger partial charge is 0.118 e. The average molecular weight is 263 g/mol. The van der Waals surface area contributed by atoms with Gasteiger partial charge in [0.15, 0.2) is 0 Å². The van der Waals surface area contributed by atoms with Gasteiger partial charge in [-0.25, -0.2) is 0 Å². The maximum atomic E-state index is 5.24. The molecule has 0 saturated carbocycles. The number of rotatable bonds is 9. The summed E-state index contributed by atoms with van der Waals surface area (Å²) in [6, 6.07) is 8.99. The maximum absolute atomic E-state index is 5.24. The van der Waals surface area contributed by atoms with Crippen LogP contribution >= 0.6 is 0 Å². The number of ether oxygens (including phenoxy) is 1. The number of hydrogen-bond donors (Lipinski definition) is 1. The van der Waals surface area contributed by atoms with Gasteiger partial charge < -0.3 is 10.1 Å². The number of benzene rings is 1. The Morgan fingerprint density at radius 2 is 1.58 bits per heavy atom. The molecule has 108 valence electrons. The molecule has 1 rings (SSSR count). The van der Waals surface area contributed by atoms with Crippen LogP contribution in [0.4, 0.5) is 0 Å². The van der Waals surface area contributed by atoms with Gasteiger partial charge in [0, 0.05) is 6.04 Å². The third-order valence-corrected chi connectivity index (χ3v) is 3.69. The van der Waals surface area contributed by atoms with E-state index in [0.717, 1.165) is 18.2 Å². The van der Waals surface area contributed by atoms with E-state index in [4.69, 9.17) is 4.74 Å². The second-order valence-electron chi connectivity index (χ2n) is 5.15. The molecular weight excluding hydrogens is 234 g/mol. The van der Waals surface area contributed by atoms with E-state index in [1.807, 2.05) is 0 Å². The van der Waals surface area contributed by atoms with Crippen LogP contribution in [-0.2, 0) is 0 Å². The SMILES string of the molecule is CCCC(CCC)C(NCC)c1ccc(OC)cc1. The molecule has 0 heterocycles. The van der Waals surface area contributed by atoms with Gasteiger partial charge in [0.25, 0.3) is 0 Å². The van der Waals surface area contributed by atoms with Crippen molar-refractivity contribution in [3.63, 3.8) is 0 Å². The molecule has 19 heavy (non-hydrogen) atoms. The molecule has 1 aromatic carbocycles. The van der Waals surface area contributed by atoms with E-state index in [9.17, 15) is 0 Å². The van der Waals surface area contributed by atoms with Gasteiger partial charge in [-0.3, -0.25) is 0 Å². The first-order chi connectivity index (χ1) is 9.26. The molecule has 0 amide bonds. The summed E-state index contributed by atoms with van der Waals surface area (Å²) in [6.45, 7) is 7.76. The number of nitrogens with one attached hydrogen (secondary N) is 1. The van der Waals surface area contributed by atoms with Gasteiger partial charge in [0.1, 0.15) is 5.75 Å². The van der Waals surface area contributed by atoms with E-state index >= 15 is 0 Å². The Balaban J connectivity index is 2.88. The third kappa shape index (κ3) is 4.87. The molecular formula is C17H29NO. The molecule has 2 nitrogen and oxygen atoms in total. The van der Waals surface area contributed by atoms with E-state index in [1.54, 1.807) is 7.11 Å². The fraction of sp³-hybridized carbons (Fsp3) is 0.647. The summed E-state index contributed by atoms with van der Waals surface area (Å²) in [4.78, 5) is 0. The zero-order valence-electron chi connectivity index (χ0n) is 12.9. The minimum Gasteiger partial charge on any atom is -0.497 e. The van der Waals surface area contributed by atoms with Gasteiger partial charge in [-0.05, 0) is 43.0 Å². The van der Waals surface area contributed by atoms with Crippen molar-refractivity contribution >= 4 is 0 Å². The molecule has 0 bridgehead atoms. The van der Waals surface area contributed by atoms with Gasteiger partial charge in [-0.2, -0.15) is 0 Å². The molecule has 0 radical (unpaired) electrons.